The summed E-state index contributed by atoms with van der Waals surface area (Å²) in [6.07, 6.45) is -1.13. The van der Waals surface area contributed by atoms with E-state index in [0.717, 1.165) is 4.90 Å². The van der Waals surface area contributed by atoms with E-state index in [1.165, 1.54) is 0 Å². The minimum Gasteiger partial charge on any atom is -0.465 e. The van der Waals surface area contributed by atoms with Crippen LogP contribution in [0.1, 0.15) is 0 Å². The van der Waals surface area contributed by atoms with Crippen LogP contribution in [0.15, 0.2) is 22.8 Å². The Kier molecular flexibility index (Phi) is 4.33. The highest BCUT2D eigenvalue weighted by Crippen LogP contribution is 2.13. The Balaban J connectivity index is 2.07. The van der Waals surface area contributed by atoms with E-state index in [2.05, 4.69) is 26.2 Å². The molecule has 1 unspecified atom stereocenters. The Morgan fingerprint density at radius 2 is 2.32 bits per heavy atom. The van der Waals surface area contributed by atoms with Gasteiger partial charge >= 0.3 is 6.09 Å². The van der Waals surface area contributed by atoms with Crippen LogP contribution >= 0.6 is 15.9 Å². The molecule has 1 aromatic rings. The van der Waals surface area contributed by atoms with Crippen LogP contribution in [0.3, 0.4) is 0 Å². The quantitative estimate of drug-likeness (QED) is 0.794. The molecule has 1 fully saturated rings. The monoisotopic (exact) mass is 329 g/mol. The maximum atomic E-state index is 12.0. The van der Waals surface area contributed by atoms with E-state index in [1.807, 2.05) is 0 Å². The van der Waals surface area contributed by atoms with Crippen molar-refractivity contribution in [2.24, 2.45) is 0 Å². The van der Waals surface area contributed by atoms with E-state index >= 15 is 0 Å². The number of hydrogen-bond acceptors (Lipinski definition) is 4. The first-order valence-corrected chi connectivity index (χ1v) is 6.38. The molecule has 1 aliphatic rings. The van der Waals surface area contributed by atoms with Crippen LogP contribution in [0.25, 0.3) is 0 Å². The summed E-state index contributed by atoms with van der Waals surface area (Å²) in [4.78, 5) is 28.2. The molecule has 0 radical (unpaired) electrons. The lowest BCUT2D eigenvalue weighted by Gasteiger charge is -2.32. The lowest BCUT2D eigenvalue weighted by molar-refractivity contribution is -0.125. The lowest BCUT2D eigenvalue weighted by Crippen LogP contribution is -2.53. The second-order valence-electron chi connectivity index (χ2n) is 3.90. The molecule has 0 bridgehead atoms. The van der Waals surface area contributed by atoms with Gasteiger partial charge in [0.15, 0.2) is 0 Å². The van der Waals surface area contributed by atoms with E-state index in [4.69, 9.17) is 9.84 Å². The Morgan fingerprint density at radius 3 is 3.00 bits per heavy atom. The van der Waals surface area contributed by atoms with Crippen LogP contribution in [0, 0.1) is 0 Å². The Labute approximate surface area is 117 Å². The van der Waals surface area contributed by atoms with E-state index in [0.29, 0.717) is 17.0 Å². The molecule has 1 atom stereocenters. The zero-order valence-electron chi connectivity index (χ0n) is 9.88. The molecule has 0 spiro atoms. The highest BCUT2D eigenvalue weighted by Gasteiger charge is 2.32. The highest BCUT2D eigenvalue weighted by atomic mass is 79.9. The molecule has 7 nitrogen and oxygen atoms in total. The van der Waals surface area contributed by atoms with Crippen LogP contribution in [0.4, 0.5) is 10.6 Å². The van der Waals surface area contributed by atoms with Crippen molar-refractivity contribution in [3.63, 3.8) is 0 Å². The van der Waals surface area contributed by atoms with Crippen molar-refractivity contribution >= 4 is 33.7 Å². The second kappa shape index (κ2) is 5.98. The molecule has 2 heterocycles. The number of aromatic nitrogens is 1. The van der Waals surface area contributed by atoms with Gasteiger partial charge in [-0.1, -0.05) is 6.07 Å². The van der Waals surface area contributed by atoms with Crippen molar-refractivity contribution in [3.05, 3.63) is 22.8 Å². The summed E-state index contributed by atoms with van der Waals surface area (Å²) in [6.45, 7) is 0.524. The predicted octanol–water partition coefficient (Wildman–Crippen LogP) is 1.16. The molecule has 8 heteroatoms. The maximum Gasteiger partial charge on any atom is 0.408 e. The molecule has 2 N–H and O–H groups in total. The first-order chi connectivity index (χ1) is 9.08. The molecule has 1 aromatic heterocycles. The number of nitrogens with zero attached hydrogens (tertiary/aromatic N) is 2. The Bertz CT molecular complexity index is 497. The minimum absolute atomic E-state index is 0.0478. The van der Waals surface area contributed by atoms with E-state index in [1.54, 1.807) is 18.2 Å². The number of amides is 2. The van der Waals surface area contributed by atoms with Gasteiger partial charge < -0.3 is 15.2 Å². The fourth-order valence-electron chi connectivity index (χ4n) is 1.74. The zero-order chi connectivity index (χ0) is 13.8. The first kappa shape index (κ1) is 13.8. The van der Waals surface area contributed by atoms with E-state index in [-0.39, 0.29) is 13.2 Å². The van der Waals surface area contributed by atoms with Crippen molar-refractivity contribution in [1.82, 2.24) is 9.88 Å². The molecule has 2 amide bonds. The third-order valence-corrected chi connectivity index (χ3v) is 3.08. The molecular weight excluding hydrogens is 318 g/mol. The van der Waals surface area contributed by atoms with Crippen LogP contribution in [-0.4, -0.2) is 52.8 Å². The normalized spacial score (nSPS) is 19.0. The minimum atomic E-state index is -1.13. The van der Waals surface area contributed by atoms with Crippen LogP contribution < -0.4 is 5.32 Å². The van der Waals surface area contributed by atoms with Crippen LogP contribution in [-0.2, 0) is 9.53 Å². The first-order valence-electron chi connectivity index (χ1n) is 5.58. The average molecular weight is 330 g/mol. The van der Waals surface area contributed by atoms with Crippen LogP contribution in [0.2, 0.25) is 0 Å². The standard InChI is InChI=1S/C11H12BrN3O4/c12-8-2-1-3-9(13-8)14-10(16)7-6-19-5-4-15(7)11(17)18/h1-3,7H,4-6H2,(H,17,18)(H,13,14,16). The zero-order valence-corrected chi connectivity index (χ0v) is 11.5. The third kappa shape index (κ3) is 3.42. The largest absolute Gasteiger partial charge is 0.465 e. The summed E-state index contributed by atoms with van der Waals surface area (Å²) in [5, 5.41) is 11.6. The number of nitrogens with one attached hydrogen (secondary N) is 1. The van der Waals surface area contributed by atoms with Gasteiger partial charge in [0.2, 0.25) is 0 Å². The number of hydrogen-bond donors (Lipinski definition) is 2. The molecular formula is C11H12BrN3O4. The smallest absolute Gasteiger partial charge is 0.408 e. The lowest BCUT2D eigenvalue weighted by atomic mass is 10.2. The van der Waals surface area contributed by atoms with Gasteiger partial charge in [0.25, 0.3) is 5.91 Å². The van der Waals surface area contributed by atoms with Crippen molar-refractivity contribution in [1.29, 1.82) is 0 Å². The number of anilines is 1. The number of carbonyl (C=O) groups excluding carboxylic acids is 1. The number of carbonyl (C=O) groups is 2. The molecule has 0 aliphatic carbocycles. The summed E-state index contributed by atoms with van der Waals surface area (Å²) < 4.78 is 5.73. The van der Waals surface area contributed by atoms with Crippen molar-refractivity contribution in [3.8, 4) is 0 Å². The summed E-state index contributed by atoms with van der Waals surface area (Å²) in [5.41, 5.74) is 0. The third-order valence-electron chi connectivity index (χ3n) is 2.64. The summed E-state index contributed by atoms with van der Waals surface area (Å²) in [6, 6.07) is 4.21. The fraction of sp³-hybridized carbons (Fsp3) is 0.364. The van der Waals surface area contributed by atoms with Gasteiger partial charge in [0, 0.05) is 6.54 Å². The molecule has 2 rings (SSSR count). The second-order valence-corrected chi connectivity index (χ2v) is 4.71. The van der Waals surface area contributed by atoms with E-state index in [9.17, 15) is 9.59 Å². The highest BCUT2D eigenvalue weighted by molar-refractivity contribution is 9.10. The van der Waals surface area contributed by atoms with Crippen LogP contribution in [0.5, 0.6) is 0 Å². The van der Waals surface area contributed by atoms with Gasteiger partial charge in [-0.05, 0) is 28.1 Å². The van der Waals surface area contributed by atoms with Gasteiger partial charge in [0.05, 0.1) is 13.2 Å². The maximum absolute atomic E-state index is 12.0. The van der Waals surface area contributed by atoms with Gasteiger partial charge in [-0.3, -0.25) is 9.69 Å². The molecule has 0 aromatic carbocycles. The number of carboxylic acid groups (broad SMARTS) is 1. The summed E-state index contributed by atoms with van der Waals surface area (Å²) in [5.74, 6) is -0.0945. The average Bonchev–Trinajstić information content (AvgIpc) is 2.38. The molecule has 19 heavy (non-hydrogen) atoms. The molecule has 0 saturated carbocycles. The number of rotatable bonds is 2. The summed E-state index contributed by atoms with van der Waals surface area (Å²) >= 11 is 3.19. The van der Waals surface area contributed by atoms with Crippen molar-refractivity contribution < 1.29 is 19.4 Å². The number of morpholine rings is 1. The molecule has 102 valence electrons. The molecule has 1 aliphatic heterocycles. The summed E-state index contributed by atoms with van der Waals surface area (Å²) in [7, 11) is 0. The van der Waals surface area contributed by atoms with Crippen molar-refractivity contribution in [2.45, 2.75) is 6.04 Å². The fourth-order valence-corrected chi connectivity index (χ4v) is 2.08. The molecule has 1 saturated heterocycles. The SMILES string of the molecule is O=C(Nc1cccc(Br)n1)C1COCCN1C(=O)O. The Hall–Kier alpha value is -1.67. The Morgan fingerprint density at radius 1 is 1.53 bits per heavy atom. The number of ether oxygens (including phenoxy) is 1. The van der Waals surface area contributed by atoms with E-state index < -0.39 is 18.0 Å². The van der Waals surface area contributed by atoms with Gasteiger partial charge in [-0.15, -0.1) is 0 Å². The van der Waals surface area contributed by atoms with Gasteiger partial charge in [-0.2, -0.15) is 0 Å². The van der Waals surface area contributed by atoms with Gasteiger partial charge in [0.1, 0.15) is 16.5 Å². The van der Waals surface area contributed by atoms with Crippen molar-refractivity contribution in [2.75, 3.05) is 25.1 Å². The number of halogens is 1. The number of pyridine rings is 1. The topological polar surface area (TPSA) is 91.8 Å². The predicted molar refractivity (Wildman–Crippen MR) is 69.9 cm³/mol. The van der Waals surface area contributed by atoms with Gasteiger partial charge in [-0.25, -0.2) is 9.78 Å².